The highest BCUT2D eigenvalue weighted by Crippen LogP contribution is 2.44. The SMILES string of the molecule is CN1c2cc(-c3cc(O)ccc3C#N)ccc2N(CC(C)(C)C)S1(=O)=O. The van der Waals surface area contributed by atoms with E-state index in [1.54, 1.807) is 24.3 Å². The van der Waals surface area contributed by atoms with Crippen LogP contribution in [0.5, 0.6) is 5.75 Å². The Morgan fingerprint density at radius 3 is 2.42 bits per heavy atom. The van der Waals surface area contributed by atoms with Gasteiger partial charge in [0.05, 0.1) is 23.0 Å². The molecule has 0 spiro atoms. The number of nitrogens with zero attached hydrogens (tertiary/aromatic N) is 3. The molecule has 136 valence electrons. The van der Waals surface area contributed by atoms with Crippen LogP contribution in [0.2, 0.25) is 0 Å². The van der Waals surface area contributed by atoms with Crippen LogP contribution in [-0.4, -0.2) is 27.1 Å². The minimum Gasteiger partial charge on any atom is -0.508 e. The summed E-state index contributed by atoms with van der Waals surface area (Å²) in [7, 11) is -2.11. The Labute approximate surface area is 154 Å². The summed E-state index contributed by atoms with van der Waals surface area (Å²) in [5.41, 5.74) is 2.63. The summed E-state index contributed by atoms with van der Waals surface area (Å²) in [5.74, 6) is 0.0508. The van der Waals surface area contributed by atoms with Gasteiger partial charge in [0, 0.05) is 19.2 Å². The first-order chi connectivity index (χ1) is 12.0. The van der Waals surface area contributed by atoms with E-state index >= 15 is 0 Å². The molecule has 3 rings (SSSR count). The second kappa shape index (κ2) is 5.92. The number of fused-ring (bicyclic) bond motifs is 1. The fourth-order valence-corrected chi connectivity index (χ4v) is 4.66. The lowest BCUT2D eigenvalue weighted by Gasteiger charge is -2.27. The molecule has 0 amide bonds. The van der Waals surface area contributed by atoms with Gasteiger partial charge >= 0.3 is 10.2 Å². The van der Waals surface area contributed by atoms with Gasteiger partial charge in [0.1, 0.15) is 5.75 Å². The topological polar surface area (TPSA) is 84.6 Å². The number of hydrogen-bond acceptors (Lipinski definition) is 4. The van der Waals surface area contributed by atoms with Gasteiger partial charge in [-0.25, -0.2) is 0 Å². The zero-order valence-electron chi connectivity index (χ0n) is 15.2. The van der Waals surface area contributed by atoms with Crippen molar-refractivity contribution >= 4 is 21.6 Å². The number of nitriles is 1. The van der Waals surface area contributed by atoms with Gasteiger partial charge in [-0.2, -0.15) is 13.7 Å². The van der Waals surface area contributed by atoms with Crippen LogP contribution in [-0.2, 0) is 10.2 Å². The smallest absolute Gasteiger partial charge is 0.326 e. The molecule has 0 saturated heterocycles. The van der Waals surface area contributed by atoms with Gasteiger partial charge in [0.25, 0.3) is 0 Å². The highest BCUT2D eigenvalue weighted by atomic mass is 32.2. The van der Waals surface area contributed by atoms with Crippen molar-refractivity contribution < 1.29 is 13.5 Å². The maximum absolute atomic E-state index is 12.8. The molecule has 26 heavy (non-hydrogen) atoms. The summed E-state index contributed by atoms with van der Waals surface area (Å²) < 4.78 is 28.3. The third-order valence-electron chi connectivity index (χ3n) is 4.26. The van der Waals surface area contributed by atoms with Crippen molar-refractivity contribution in [1.29, 1.82) is 5.26 Å². The average molecular weight is 371 g/mol. The van der Waals surface area contributed by atoms with E-state index in [0.717, 1.165) is 0 Å². The van der Waals surface area contributed by atoms with E-state index in [1.165, 1.54) is 27.8 Å². The molecule has 0 aliphatic carbocycles. The molecule has 0 bridgehead atoms. The number of benzene rings is 2. The molecule has 7 heteroatoms. The van der Waals surface area contributed by atoms with E-state index in [-0.39, 0.29) is 11.2 Å². The van der Waals surface area contributed by atoms with Crippen molar-refractivity contribution in [3.63, 3.8) is 0 Å². The molecule has 0 fully saturated rings. The van der Waals surface area contributed by atoms with Gasteiger partial charge < -0.3 is 5.11 Å². The number of anilines is 2. The van der Waals surface area contributed by atoms with Gasteiger partial charge in [-0.3, -0.25) is 8.61 Å². The molecule has 0 unspecified atom stereocenters. The Kier molecular flexibility index (Phi) is 4.12. The molecular formula is C19H21N3O3S. The second-order valence-electron chi connectivity index (χ2n) is 7.59. The maximum Gasteiger partial charge on any atom is 0.326 e. The minimum atomic E-state index is -3.63. The lowest BCUT2D eigenvalue weighted by molar-refractivity contribution is 0.427. The average Bonchev–Trinajstić information content (AvgIpc) is 2.74. The van der Waals surface area contributed by atoms with Crippen LogP contribution in [0.4, 0.5) is 11.4 Å². The van der Waals surface area contributed by atoms with Crippen LogP contribution >= 0.6 is 0 Å². The minimum absolute atomic E-state index is 0.0508. The summed E-state index contributed by atoms with van der Waals surface area (Å²) >= 11 is 0. The van der Waals surface area contributed by atoms with Crippen molar-refractivity contribution in [3.8, 4) is 22.9 Å². The lowest BCUT2D eigenvalue weighted by Crippen LogP contribution is -2.40. The van der Waals surface area contributed by atoms with E-state index < -0.39 is 10.2 Å². The van der Waals surface area contributed by atoms with Crippen LogP contribution in [0.25, 0.3) is 11.1 Å². The standard InChI is InChI=1S/C19H21N3O3S/c1-19(2,3)12-22-17-8-6-13(9-18(17)21(4)26(22,24)25)16-10-15(23)7-5-14(16)11-20/h5-10,23H,12H2,1-4H3. The number of aromatic hydroxyl groups is 1. The largest absolute Gasteiger partial charge is 0.508 e. The first-order valence-corrected chi connectivity index (χ1v) is 9.58. The predicted octanol–water partition coefficient (Wildman–Crippen LogP) is 3.48. The molecule has 1 aliphatic heterocycles. The van der Waals surface area contributed by atoms with Crippen molar-refractivity contribution in [2.45, 2.75) is 20.8 Å². The van der Waals surface area contributed by atoms with Crippen LogP contribution in [0.15, 0.2) is 36.4 Å². The molecule has 2 aromatic carbocycles. The molecule has 1 N–H and O–H groups in total. The molecule has 1 aliphatic rings. The van der Waals surface area contributed by atoms with Gasteiger partial charge in [-0.15, -0.1) is 0 Å². The summed E-state index contributed by atoms with van der Waals surface area (Å²) in [6.07, 6.45) is 0. The molecule has 0 aromatic heterocycles. The summed E-state index contributed by atoms with van der Waals surface area (Å²) in [6.45, 7) is 6.32. The Morgan fingerprint density at radius 2 is 1.81 bits per heavy atom. The molecule has 0 radical (unpaired) electrons. The van der Waals surface area contributed by atoms with Crippen LogP contribution in [0, 0.1) is 16.7 Å². The van der Waals surface area contributed by atoms with E-state index in [1.807, 2.05) is 20.8 Å². The first-order valence-electron chi connectivity index (χ1n) is 8.19. The Bertz CT molecular complexity index is 1020. The first kappa shape index (κ1) is 18.1. The third-order valence-corrected chi connectivity index (χ3v) is 6.03. The van der Waals surface area contributed by atoms with Crippen LogP contribution in [0.1, 0.15) is 26.3 Å². The van der Waals surface area contributed by atoms with Crippen molar-refractivity contribution in [3.05, 3.63) is 42.0 Å². The lowest BCUT2D eigenvalue weighted by atomic mass is 9.96. The number of phenols is 1. The van der Waals surface area contributed by atoms with Crippen molar-refractivity contribution in [2.75, 3.05) is 22.2 Å². The summed E-state index contributed by atoms with van der Waals surface area (Å²) in [4.78, 5) is 0. The highest BCUT2D eigenvalue weighted by molar-refractivity contribution is 7.94. The highest BCUT2D eigenvalue weighted by Gasteiger charge is 2.39. The third kappa shape index (κ3) is 2.97. The second-order valence-corrected chi connectivity index (χ2v) is 9.47. The molecule has 0 saturated carbocycles. The number of rotatable bonds is 2. The van der Waals surface area contributed by atoms with E-state index in [9.17, 15) is 18.8 Å². The quantitative estimate of drug-likeness (QED) is 0.876. The maximum atomic E-state index is 12.8. The number of phenolic OH excluding ortho intramolecular Hbond substituents is 1. The van der Waals surface area contributed by atoms with Gasteiger partial charge in [0.15, 0.2) is 0 Å². The van der Waals surface area contributed by atoms with Gasteiger partial charge in [-0.1, -0.05) is 26.8 Å². The van der Waals surface area contributed by atoms with Gasteiger partial charge in [-0.05, 0) is 41.3 Å². The normalized spacial score (nSPS) is 15.7. The van der Waals surface area contributed by atoms with Crippen molar-refractivity contribution in [2.24, 2.45) is 5.41 Å². The predicted molar refractivity (Wildman–Crippen MR) is 102 cm³/mol. The van der Waals surface area contributed by atoms with E-state index in [4.69, 9.17) is 0 Å². The molecule has 1 heterocycles. The van der Waals surface area contributed by atoms with E-state index in [2.05, 4.69) is 6.07 Å². The fourth-order valence-electron chi connectivity index (χ4n) is 3.02. The summed E-state index contributed by atoms with van der Waals surface area (Å²) in [6, 6.07) is 11.9. The Balaban J connectivity index is 2.15. The number of hydrogen-bond donors (Lipinski definition) is 1. The zero-order chi connectivity index (χ0) is 19.3. The summed E-state index contributed by atoms with van der Waals surface area (Å²) in [5, 5.41) is 19.1. The molecule has 2 aromatic rings. The Hall–Kier alpha value is -2.72. The molecule has 0 atom stereocenters. The van der Waals surface area contributed by atoms with Crippen LogP contribution in [0.3, 0.4) is 0 Å². The van der Waals surface area contributed by atoms with Gasteiger partial charge in [0.2, 0.25) is 0 Å². The van der Waals surface area contributed by atoms with E-state index in [0.29, 0.717) is 34.6 Å². The molecular weight excluding hydrogens is 350 g/mol. The Morgan fingerprint density at radius 1 is 1.12 bits per heavy atom. The zero-order valence-corrected chi connectivity index (χ0v) is 16.0. The van der Waals surface area contributed by atoms with Crippen LogP contribution < -0.4 is 8.61 Å². The molecule has 6 nitrogen and oxygen atoms in total. The van der Waals surface area contributed by atoms with Crippen molar-refractivity contribution in [1.82, 2.24) is 0 Å². The fraction of sp³-hybridized carbons (Fsp3) is 0.316. The monoisotopic (exact) mass is 371 g/mol.